The summed E-state index contributed by atoms with van der Waals surface area (Å²) in [5.41, 5.74) is 0.308. The van der Waals surface area contributed by atoms with Crippen LogP contribution in [0.15, 0.2) is 30.3 Å². The van der Waals surface area contributed by atoms with E-state index >= 15 is 0 Å². The van der Waals surface area contributed by atoms with Crippen molar-refractivity contribution in [2.75, 3.05) is 6.61 Å². The number of carbonyl (C=O) groups excluding carboxylic acids is 2. The van der Waals surface area contributed by atoms with Gasteiger partial charge in [0.25, 0.3) is 0 Å². The third-order valence-corrected chi connectivity index (χ3v) is 4.20. The predicted octanol–water partition coefficient (Wildman–Crippen LogP) is 4.64. The fraction of sp³-hybridized carbons (Fsp3) is 0.636. The van der Waals surface area contributed by atoms with Gasteiger partial charge in [-0.15, -0.1) is 0 Å². The minimum Gasteiger partial charge on any atom is -0.458 e. The molecule has 1 N–H and O–H groups in total. The summed E-state index contributed by atoms with van der Waals surface area (Å²) in [6.45, 7) is 13.4. The first-order valence-corrected chi connectivity index (χ1v) is 9.90. The topological polar surface area (TPSA) is 73.9 Å². The van der Waals surface area contributed by atoms with Crippen LogP contribution in [0.5, 0.6) is 0 Å². The summed E-state index contributed by atoms with van der Waals surface area (Å²) in [6.07, 6.45) is -0.543. The van der Waals surface area contributed by atoms with Gasteiger partial charge in [0.1, 0.15) is 23.9 Å². The van der Waals surface area contributed by atoms with Crippen molar-refractivity contribution in [3.8, 4) is 0 Å². The monoisotopic (exact) mass is 393 g/mol. The maximum atomic E-state index is 12.4. The highest BCUT2D eigenvalue weighted by molar-refractivity contribution is 5.81. The molecule has 0 aliphatic carbocycles. The van der Waals surface area contributed by atoms with Gasteiger partial charge >= 0.3 is 12.1 Å². The minimum atomic E-state index is -0.830. The summed E-state index contributed by atoms with van der Waals surface area (Å²) in [4.78, 5) is 24.3. The quantitative estimate of drug-likeness (QED) is 0.619. The maximum Gasteiger partial charge on any atom is 0.408 e. The number of rotatable bonds is 9. The maximum absolute atomic E-state index is 12.4. The van der Waals surface area contributed by atoms with E-state index in [-0.39, 0.29) is 6.10 Å². The number of ether oxygens (including phenoxy) is 3. The lowest BCUT2D eigenvalue weighted by Crippen LogP contribution is -2.43. The molecular weight excluding hydrogens is 358 g/mol. The average molecular weight is 394 g/mol. The van der Waals surface area contributed by atoms with Gasteiger partial charge in [0.15, 0.2) is 0 Å². The summed E-state index contributed by atoms with van der Waals surface area (Å²) in [6, 6.07) is 8.86. The number of esters is 1. The molecule has 4 atom stereocenters. The van der Waals surface area contributed by atoms with E-state index in [1.165, 1.54) is 0 Å². The molecule has 0 saturated heterocycles. The molecular formula is C22H35NO5. The number of nitrogens with one attached hydrogen (secondary N) is 1. The van der Waals surface area contributed by atoms with Gasteiger partial charge in [0.2, 0.25) is 0 Å². The zero-order valence-electron chi connectivity index (χ0n) is 18.2. The molecule has 1 aromatic rings. The van der Waals surface area contributed by atoms with E-state index in [9.17, 15) is 9.59 Å². The van der Waals surface area contributed by atoms with Gasteiger partial charge in [-0.3, -0.25) is 0 Å². The van der Waals surface area contributed by atoms with E-state index in [1.807, 2.05) is 30.3 Å². The molecule has 0 spiro atoms. The van der Waals surface area contributed by atoms with Crippen LogP contribution in [0, 0.1) is 5.92 Å². The Balaban J connectivity index is 2.73. The van der Waals surface area contributed by atoms with Crippen LogP contribution in [-0.4, -0.2) is 36.4 Å². The SMILES string of the molecule is CCC(C)CO[C@H](c1ccccc1)[C@H](C)OC(=O)[C@H](C)NC(=O)OC(C)(C)C. The molecule has 0 aliphatic rings. The van der Waals surface area contributed by atoms with Crippen LogP contribution in [0.2, 0.25) is 0 Å². The van der Waals surface area contributed by atoms with Gasteiger partial charge in [-0.2, -0.15) is 0 Å². The molecule has 0 heterocycles. The molecule has 1 unspecified atom stereocenters. The normalized spacial score (nSPS) is 15.8. The Morgan fingerprint density at radius 2 is 1.68 bits per heavy atom. The average Bonchev–Trinajstić information content (AvgIpc) is 2.60. The number of hydrogen-bond donors (Lipinski definition) is 1. The third-order valence-electron chi connectivity index (χ3n) is 4.20. The molecule has 158 valence electrons. The van der Waals surface area contributed by atoms with Crippen LogP contribution in [0.1, 0.15) is 66.6 Å². The van der Waals surface area contributed by atoms with Crippen LogP contribution < -0.4 is 5.32 Å². The Bertz CT molecular complexity index is 611. The molecule has 0 fully saturated rings. The van der Waals surface area contributed by atoms with Crippen LogP contribution in [0.25, 0.3) is 0 Å². The van der Waals surface area contributed by atoms with Gasteiger partial charge in [-0.05, 0) is 46.1 Å². The Hall–Kier alpha value is -2.08. The zero-order chi connectivity index (χ0) is 21.3. The summed E-state index contributed by atoms with van der Waals surface area (Å²) in [5, 5.41) is 2.50. The van der Waals surface area contributed by atoms with Crippen molar-refractivity contribution in [1.82, 2.24) is 5.32 Å². The molecule has 0 bridgehead atoms. The van der Waals surface area contributed by atoms with E-state index in [1.54, 1.807) is 34.6 Å². The van der Waals surface area contributed by atoms with Crippen LogP contribution in [0.4, 0.5) is 4.79 Å². The number of alkyl carbamates (subject to hydrolysis) is 1. The van der Waals surface area contributed by atoms with E-state index in [2.05, 4.69) is 19.2 Å². The molecule has 1 aromatic carbocycles. The first-order valence-electron chi connectivity index (χ1n) is 9.90. The van der Waals surface area contributed by atoms with Crippen molar-refractivity contribution in [2.24, 2.45) is 5.92 Å². The molecule has 0 saturated carbocycles. The van der Waals surface area contributed by atoms with Gasteiger partial charge in [-0.25, -0.2) is 9.59 Å². The largest absolute Gasteiger partial charge is 0.458 e. The summed E-state index contributed by atoms with van der Waals surface area (Å²) in [5.74, 6) is -0.131. The molecule has 6 heteroatoms. The second-order valence-electron chi connectivity index (χ2n) is 8.19. The highest BCUT2D eigenvalue weighted by Gasteiger charge is 2.28. The predicted molar refractivity (Wildman–Crippen MR) is 109 cm³/mol. The zero-order valence-corrected chi connectivity index (χ0v) is 18.2. The summed E-state index contributed by atoms with van der Waals surface area (Å²) >= 11 is 0. The van der Waals surface area contributed by atoms with Gasteiger partial charge in [0, 0.05) is 0 Å². The molecule has 6 nitrogen and oxygen atoms in total. The molecule has 1 amide bonds. The van der Waals surface area contributed by atoms with Crippen molar-refractivity contribution in [3.63, 3.8) is 0 Å². The fourth-order valence-corrected chi connectivity index (χ4v) is 2.42. The van der Waals surface area contributed by atoms with Crippen LogP contribution in [0.3, 0.4) is 0 Å². The highest BCUT2D eigenvalue weighted by atomic mass is 16.6. The highest BCUT2D eigenvalue weighted by Crippen LogP contribution is 2.25. The van der Waals surface area contributed by atoms with E-state index in [4.69, 9.17) is 14.2 Å². The van der Waals surface area contributed by atoms with Gasteiger partial charge < -0.3 is 19.5 Å². The van der Waals surface area contributed by atoms with Crippen LogP contribution >= 0.6 is 0 Å². The van der Waals surface area contributed by atoms with E-state index in [0.717, 1.165) is 12.0 Å². The standard InChI is InChI=1S/C22H35NO5/c1-8-15(2)14-26-19(18-12-10-9-11-13-18)17(4)27-20(24)16(3)23-21(25)28-22(5,6)7/h9-13,15-17,19H,8,14H2,1-7H3,(H,23,25)/t15?,16-,17-,19-/m0/s1. The molecule has 0 aromatic heterocycles. The summed E-state index contributed by atoms with van der Waals surface area (Å²) in [7, 11) is 0. The first-order chi connectivity index (χ1) is 13.0. The molecule has 1 rings (SSSR count). The minimum absolute atomic E-state index is 0.382. The van der Waals surface area contributed by atoms with Crippen molar-refractivity contribution in [3.05, 3.63) is 35.9 Å². The van der Waals surface area contributed by atoms with Crippen LogP contribution in [-0.2, 0) is 19.0 Å². The van der Waals surface area contributed by atoms with E-state index < -0.39 is 29.8 Å². The number of hydrogen-bond acceptors (Lipinski definition) is 5. The second-order valence-corrected chi connectivity index (χ2v) is 8.19. The third kappa shape index (κ3) is 8.74. The number of benzene rings is 1. The second kappa shape index (κ2) is 11.1. The fourth-order valence-electron chi connectivity index (χ4n) is 2.42. The van der Waals surface area contributed by atoms with Crippen molar-refractivity contribution in [1.29, 1.82) is 0 Å². The lowest BCUT2D eigenvalue weighted by atomic mass is 10.0. The smallest absolute Gasteiger partial charge is 0.408 e. The molecule has 0 radical (unpaired) electrons. The Kier molecular flexibility index (Phi) is 9.46. The Labute approximate surface area is 168 Å². The van der Waals surface area contributed by atoms with Crippen molar-refractivity contribution < 1.29 is 23.8 Å². The van der Waals surface area contributed by atoms with Gasteiger partial charge in [0.05, 0.1) is 6.61 Å². The molecule has 28 heavy (non-hydrogen) atoms. The number of carbonyl (C=O) groups is 2. The Morgan fingerprint density at radius 1 is 1.07 bits per heavy atom. The molecule has 0 aliphatic heterocycles. The summed E-state index contributed by atoms with van der Waals surface area (Å²) < 4.78 is 16.8. The van der Waals surface area contributed by atoms with Crippen molar-refractivity contribution >= 4 is 12.1 Å². The van der Waals surface area contributed by atoms with E-state index in [0.29, 0.717) is 12.5 Å². The number of amides is 1. The Morgan fingerprint density at radius 3 is 2.21 bits per heavy atom. The van der Waals surface area contributed by atoms with Crippen molar-refractivity contribution in [2.45, 2.75) is 78.7 Å². The first kappa shape index (κ1) is 24.0. The van der Waals surface area contributed by atoms with Gasteiger partial charge in [-0.1, -0.05) is 50.6 Å². The lowest BCUT2D eigenvalue weighted by Gasteiger charge is -2.27. The lowest BCUT2D eigenvalue weighted by molar-refractivity contribution is -0.159.